The fourth-order valence-corrected chi connectivity index (χ4v) is 1.42. The van der Waals surface area contributed by atoms with Gasteiger partial charge in [0.2, 0.25) is 5.91 Å². The Morgan fingerprint density at radius 3 is 2.56 bits per heavy atom. The minimum absolute atomic E-state index is 0.127. The van der Waals surface area contributed by atoms with Crippen LogP contribution in [0.5, 0.6) is 5.75 Å². The first-order valence-corrected chi connectivity index (χ1v) is 6.30. The largest absolute Gasteiger partial charge is 0.492 e. The van der Waals surface area contributed by atoms with Gasteiger partial charge in [-0.3, -0.25) is 4.79 Å². The van der Waals surface area contributed by atoms with Crippen molar-refractivity contribution in [3.63, 3.8) is 0 Å². The molecule has 0 fully saturated rings. The van der Waals surface area contributed by atoms with Gasteiger partial charge in [0, 0.05) is 5.02 Å². The van der Waals surface area contributed by atoms with E-state index in [-0.39, 0.29) is 11.8 Å². The summed E-state index contributed by atoms with van der Waals surface area (Å²) >= 11 is 5.75. The van der Waals surface area contributed by atoms with Gasteiger partial charge in [-0.15, -0.1) is 0 Å². The predicted octanol–water partition coefficient (Wildman–Crippen LogP) is 1.82. The predicted molar refractivity (Wildman–Crippen MR) is 72.8 cm³/mol. The first-order chi connectivity index (χ1) is 8.50. The smallest absolute Gasteiger partial charge is 0.237 e. The number of hydrogen-bond donors (Lipinski definition) is 2. The highest BCUT2D eigenvalue weighted by Crippen LogP contribution is 2.15. The van der Waals surface area contributed by atoms with Crippen LogP contribution < -0.4 is 15.8 Å². The Hall–Kier alpha value is -1.26. The zero-order chi connectivity index (χ0) is 13.5. The Morgan fingerprint density at radius 1 is 1.39 bits per heavy atom. The summed E-state index contributed by atoms with van der Waals surface area (Å²) in [6.45, 7) is 4.66. The number of amides is 1. The maximum atomic E-state index is 11.5. The van der Waals surface area contributed by atoms with Crippen molar-refractivity contribution in [2.45, 2.75) is 19.9 Å². The minimum Gasteiger partial charge on any atom is -0.492 e. The van der Waals surface area contributed by atoms with E-state index in [2.05, 4.69) is 5.32 Å². The van der Waals surface area contributed by atoms with E-state index in [1.54, 1.807) is 24.3 Å². The van der Waals surface area contributed by atoms with Crippen LogP contribution in [-0.2, 0) is 4.79 Å². The fourth-order valence-electron chi connectivity index (χ4n) is 1.29. The van der Waals surface area contributed by atoms with E-state index in [9.17, 15) is 4.79 Å². The molecule has 1 amide bonds. The highest BCUT2D eigenvalue weighted by molar-refractivity contribution is 6.30. The summed E-state index contributed by atoms with van der Waals surface area (Å²) in [6.07, 6.45) is 0. The first-order valence-electron chi connectivity index (χ1n) is 5.92. The third-order valence-corrected chi connectivity index (χ3v) is 2.76. The highest BCUT2D eigenvalue weighted by Gasteiger charge is 2.16. The van der Waals surface area contributed by atoms with Gasteiger partial charge in [0.05, 0.1) is 12.6 Å². The van der Waals surface area contributed by atoms with E-state index in [0.717, 1.165) is 5.75 Å². The Kier molecular flexibility index (Phi) is 5.95. The molecule has 1 aromatic rings. The van der Waals surface area contributed by atoms with E-state index >= 15 is 0 Å². The summed E-state index contributed by atoms with van der Waals surface area (Å²) in [5.74, 6) is 0.702. The summed E-state index contributed by atoms with van der Waals surface area (Å²) in [4.78, 5) is 11.5. The van der Waals surface area contributed by atoms with E-state index < -0.39 is 6.04 Å². The molecule has 0 aliphatic rings. The SMILES string of the molecule is CC(C)[C@H](N)C(=O)NCCOc1ccc(Cl)cc1. The lowest BCUT2D eigenvalue weighted by molar-refractivity contribution is -0.123. The van der Waals surface area contributed by atoms with Crippen LogP contribution in [0, 0.1) is 5.92 Å². The zero-order valence-electron chi connectivity index (χ0n) is 10.7. The Balaban J connectivity index is 2.23. The zero-order valence-corrected chi connectivity index (χ0v) is 11.4. The van der Waals surface area contributed by atoms with Crippen molar-refractivity contribution in [3.05, 3.63) is 29.3 Å². The molecule has 1 atom stereocenters. The molecular weight excluding hydrogens is 252 g/mol. The first kappa shape index (κ1) is 14.8. The second kappa shape index (κ2) is 7.24. The molecule has 5 heteroatoms. The normalized spacial score (nSPS) is 12.3. The van der Waals surface area contributed by atoms with E-state index in [0.29, 0.717) is 18.2 Å². The average Bonchev–Trinajstić information content (AvgIpc) is 2.35. The minimum atomic E-state index is -0.472. The van der Waals surface area contributed by atoms with Crippen LogP contribution in [-0.4, -0.2) is 25.1 Å². The van der Waals surface area contributed by atoms with Crippen molar-refractivity contribution in [3.8, 4) is 5.75 Å². The number of carbonyl (C=O) groups excluding carboxylic acids is 1. The molecule has 0 radical (unpaired) electrons. The molecule has 1 rings (SSSR count). The summed E-state index contributed by atoms with van der Waals surface area (Å²) in [5, 5.41) is 3.40. The average molecular weight is 271 g/mol. The number of rotatable bonds is 6. The summed E-state index contributed by atoms with van der Waals surface area (Å²) < 4.78 is 5.44. The molecule has 0 bridgehead atoms. The van der Waals surface area contributed by atoms with Crippen LogP contribution >= 0.6 is 11.6 Å². The van der Waals surface area contributed by atoms with Crippen molar-refractivity contribution >= 4 is 17.5 Å². The maximum Gasteiger partial charge on any atom is 0.237 e. The number of benzene rings is 1. The molecule has 0 unspecified atom stereocenters. The van der Waals surface area contributed by atoms with Gasteiger partial charge >= 0.3 is 0 Å². The Morgan fingerprint density at radius 2 is 2.00 bits per heavy atom. The van der Waals surface area contributed by atoms with Crippen LogP contribution in [0.2, 0.25) is 5.02 Å². The van der Waals surface area contributed by atoms with Crippen LogP contribution in [0.3, 0.4) is 0 Å². The Labute approximate surface area is 112 Å². The number of halogens is 1. The molecule has 0 aliphatic heterocycles. The van der Waals surface area contributed by atoms with Crippen molar-refractivity contribution in [1.29, 1.82) is 0 Å². The van der Waals surface area contributed by atoms with Crippen molar-refractivity contribution in [2.75, 3.05) is 13.2 Å². The van der Waals surface area contributed by atoms with Gasteiger partial charge in [-0.1, -0.05) is 25.4 Å². The van der Waals surface area contributed by atoms with Crippen LogP contribution in [0.1, 0.15) is 13.8 Å². The van der Waals surface area contributed by atoms with Gasteiger partial charge in [-0.25, -0.2) is 0 Å². The maximum absolute atomic E-state index is 11.5. The number of nitrogens with two attached hydrogens (primary N) is 1. The number of carbonyl (C=O) groups is 1. The van der Waals surface area contributed by atoms with Crippen LogP contribution in [0.4, 0.5) is 0 Å². The Bertz CT molecular complexity index is 379. The van der Waals surface area contributed by atoms with E-state index in [1.165, 1.54) is 0 Å². The van der Waals surface area contributed by atoms with Crippen molar-refractivity contribution < 1.29 is 9.53 Å². The third-order valence-electron chi connectivity index (χ3n) is 2.50. The molecule has 0 spiro atoms. The fraction of sp³-hybridized carbons (Fsp3) is 0.462. The molecule has 0 aromatic heterocycles. The molecule has 4 nitrogen and oxygen atoms in total. The third kappa shape index (κ3) is 4.94. The molecule has 18 heavy (non-hydrogen) atoms. The quantitative estimate of drug-likeness (QED) is 0.775. The van der Waals surface area contributed by atoms with Gasteiger partial charge in [0.1, 0.15) is 12.4 Å². The highest BCUT2D eigenvalue weighted by atomic mass is 35.5. The summed E-state index contributed by atoms with van der Waals surface area (Å²) in [5.41, 5.74) is 5.70. The second-order valence-corrected chi connectivity index (χ2v) is 4.80. The van der Waals surface area contributed by atoms with Gasteiger partial charge in [-0.2, -0.15) is 0 Å². The second-order valence-electron chi connectivity index (χ2n) is 4.36. The lowest BCUT2D eigenvalue weighted by atomic mass is 10.1. The lowest BCUT2D eigenvalue weighted by Gasteiger charge is -2.15. The topological polar surface area (TPSA) is 64.4 Å². The van der Waals surface area contributed by atoms with Crippen LogP contribution in [0.15, 0.2) is 24.3 Å². The molecule has 1 aromatic carbocycles. The number of hydrogen-bond acceptors (Lipinski definition) is 3. The molecule has 0 saturated heterocycles. The summed E-state index contributed by atoms with van der Waals surface area (Å²) in [7, 11) is 0. The standard InChI is InChI=1S/C13H19ClN2O2/c1-9(2)12(15)13(17)16-7-8-18-11-5-3-10(14)4-6-11/h3-6,9,12H,7-8,15H2,1-2H3,(H,16,17)/t12-/m0/s1. The lowest BCUT2D eigenvalue weighted by Crippen LogP contribution is -2.45. The molecule has 0 saturated carbocycles. The monoisotopic (exact) mass is 270 g/mol. The van der Waals surface area contributed by atoms with E-state index in [1.807, 2.05) is 13.8 Å². The molecule has 3 N–H and O–H groups in total. The molecule has 0 heterocycles. The number of ether oxygens (including phenoxy) is 1. The summed E-state index contributed by atoms with van der Waals surface area (Å²) in [6, 6.07) is 6.60. The van der Waals surface area contributed by atoms with Gasteiger partial charge in [0.15, 0.2) is 0 Å². The van der Waals surface area contributed by atoms with Gasteiger partial charge in [-0.05, 0) is 30.2 Å². The molecule has 0 aliphatic carbocycles. The number of nitrogens with one attached hydrogen (secondary N) is 1. The van der Waals surface area contributed by atoms with Gasteiger partial charge < -0.3 is 15.8 Å². The van der Waals surface area contributed by atoms with Crippen molar-refractivity contribution in [2.24, 2.45) is 11.7 Å². The molecular formula is C13H19ClN2O2. The van der Waals surface area contributed by atoms with Crippen molar-refractivity contribution in [1.82, 2.24) is 5.32 Å². The van der Waals surface area contributed by atoms with Gasteiger partial charge in [0.25, 0.3) is 0 Å². The van der Waals surface area contributed by atoms with E-state index in [4.69, 9.17) is 22.1 Å². The van der Waals surface area contributed by atoms with Crippen LogP contribution in [0.25, 0.3) is 0 Å². The molecule has 100 valence electrons.